The summed E-state index contributed by atoms with van der Waals surface area (Å²) in [5.74, 6) is 0. The van der Waals surface area contributed by atoms with Gasteiger partial charge in [0.25, 0.3) is 0 Å². The Morgan fingerprint density at radius 3 is 2.15 bits per heavy atom. The van der Waals surface area contributed by atoms with Crippen LogP contribution in [-0.4, -0.2) is 0 Å². The van der Waals surface area contributed by atoms with Gasteiger partial charge in [0.1, 0.15) is 0 Å². The molecule has 0 fully saturated rings. The molecule has 2 aliphatic carbocycles. The van der Waals surface area contributed by atoms with Crippen LogP contribution >= 0.6 is 0 Å². The van der Waals surface area contributed by atoms with Crippen molar-refractivity contribution >= 4 is 5.57 Å². The fourth-order valence-electron chi connectivity index (χ4n) is 4.37. The van der Waals surface area contributed by atoms with E-state index in [2.05, 4.69) is 90.1 Å². The molecule has 0 N–H and O–H groups in total. The largest absolute Gasteiger partial charge is 0.0801 e. The number of rotatable bonds is 1. The predicted molar refractivity (Wildman–Crippen MR) is 114 cm³/mol. The number of hydrogen-bond acceptors (Lipinski definition) is 0. The van der Waals surface area contributed by atoms with E-state index in [9.17, 15) is 0 Å². The van der Waals surface area contributed by atoms with E-state index < -0.39 is 0 Å². The van der Waals surface area contributed by atoms with Crippen LogP contribution in [-0.2, 0) is 17.3 Å². The highest BCUT2D eigenvalue weighted by Crippen LogP contribution is 2.46. The van der Waals surface area contributed by atoms with E-state index >= 15 is 0 Å². The highest BCUT2D eigenvalue weighted by Gasteiger charge is 2.29. The Balaban J connectivity index is 1.90. The van der Waals surface area contributed by atoms with Gasteiger partial charge in [0.05, 0.1) is 0 Å². The molecule has 0 saturated carbocycles. The van der Waals surface area contributed by atoms with Crippen LogP contribution in [0.5, 0.6) is 0 Å². The zero-order valence-electron chi connectivity index (χ0n) is 17.0. The summed E-state index contributed by atoms with van der Waals surface area (Å²) in [7, 11) is 0. The van der Waals surface area contributed by atoms with E-state index in [1.54, 1.807) is 0 Å². The van der Waals surface area contributed by atoms with Crippen molar-refractivity contribution in [3.8, 4) is 11.1 Å². The minimum Gasteiger partial charge on any atom is -0.0801 e. The molecule has 0 saturated heterocycles. The molecular weight excluding hydrogens is 312 g/mol. The lowest BCUT2D eigenvalue weighted by molar-refractivity contribution is 0.587. The van der Waals surface area contributed by atoms with Crippen LogP contribution in [0.1, 0.15) is 75.8 Å². The summed E-state index contributed by atoms with van der Waals surface area (Å²) >= 11 is 0. The van der Waals surface area contributed by atoms with Crippen LogP contribution in [0.25, 0.3) is 16.7 Å². The van der Waals surface area contributed by atoms with Gasteiger partial charge >= 0.3 is 0 Å². The highest BCUT2D eigenvalue weighted by molar-refractivity contribution is 5.86. The first-order chi connectivity index (χ1) is 12.2. The molecule has 0 nitrogen and oxygen atoms in total. The molecule has 0 spiro atoms. The van der Waals surface area contributed by atoms with Crippen LogP contribution in [0.2, 0.25) is 0 Å². The average Bonchev–Trinajstić information content (AvgIpc) is 3.18. The molecule has 0 amide bonds. The molecule has 0 heterocycles. The van der Waals surface area contributed by atoms with Crippen molar-refractivity contribution in [2.24, 2.45) is 0 Å². The van der Waals surface area contributed by atoms with Gasteiger partial charge in [-0.3, -0.25) is 0 Å². The molecular formula is C26H30. The van der Waals surface area contributed by atoms with E-state index in [4.69, 9.17) is 0 Å². The van der Waals surface area contributed by atoms with Gasteiger partial charge in [0.2, 0.25) is 0 Å². The maximum atomic E-state index is 2.44. The van der Waals surface area contributed by atoms with Crippen molar-refractivity contribution in [1.82, 2.24) is 0 Å². The molecule has 0 unspecified atom stereocenters. The third kappa shape index (κ3) is 2.76. The van der Waals surface area contributed by atoms with Crippen molar-refractivity contribution in [3.63, 3.8) is 0 Å². The summed E-state index contributed by atoms with van der Waals surface area (Å²) in [6.07, 6.45) is 8.92. The standard InChI is InChI=1S/C26H30/c1-25(2,3)19-11-12-20-18(15-19)16-22-21(20)13-14-23(26(4,5)6)24(22)17-9-7-8-10-17/h7-9,11-15H,10,16H2,1-6H3. The van der Waals surface area contributed by atoms with E-state index in [0.29, 0.717) is 0 Å². The van der Waals surface area contributed by atoms with Gasteiger partial charge in [-0.25, -0.2) is 0 Å². The van der Waals surface area contributed by atoms with Gasteiger partial charge in [0, 0.05) is 0 Å². The first-order valence-corrected chi connectivity index (χ1v) is 9.82. The first kappa shape index (κ1) is 17.3. The third-order valence-electron chi connectivity index (χ3n) is 5.84. The molecule has 4 rings (SSSR count). The van der Waals surface area contributed by atoms with Gasteiger partial charge in [-0.2, -0.15) is 0 Å². The maximum absolute atomic E-state index is 2.44. The topological polar surface area (TPSA) is 0 Å². The molecule has 0 bridgehead atoms. The molecule has 2 aliphatic rings. The summed E-state index contributed by atoms with van der Waals surface area (Å²) in [6.45, 7) is 13.9. The Labute approximate surface area is 158 Å². The van der Waals surface area contributed by atoms with E-state index in [1.807, 2.05) is 0 Å². The van der Waals surface area contributed by atoms with Crippen molar-refractivity contribution < 1.29 is 0 Å². The zero-order chi connectivity index (χ0) is 18.7. The number of hydrogen-bond donors (Lipinski definition) is 0. The van der Waals surface area contributed by atoms with Crippen LogP contribution in [0.4, 0.5) is 0 Å². The normalized spacial score (nSPS) is 15.8. The summed E-state index contributed by atoms with van der Waals surface area (Å²) < 4.78 is 0. The van der Waals surface area contributed by atoms with Crippen LogP contribution < -0.4 is 0 Å². The fourth-order valence-corrected chi connectivity index (χ4v) is 4.37. The Hall–Kier alpha value is -2.08. The Bertz CT molecular complexity index is 937. The lowest BCUT2D eigenvalue weighted by atomic mass is 9.78. The van der Waals surface area contributed by atoms with E-state index in [0.717, 1.165) is 12.8 Å². The first-order valence-electron chi connectivity index (χ1n) is 9.82. The van der Waals surface area contributed by atoms with Gasteiger partial charge < -0.3 is 0 Å². The second-order valence-electron chi connectivity index (χ2n) is 9.89. The monoisotopic (exact) mass is 342 g/mol. The van der Waals surface area contributed by atoms with Gasteiger partial charge in [-0.05, 0) is 68.2 Å². The summed E-state index contributed by atoms with van der Waals surface area (Å²) in [6, 6.07) is 11.9. The minimum absolute atomic E-state index is 0.152. The lowest BCUT2D eigenvalue weighted by Gasteiger charge is -2.26. The Morgan fingerprint density at radius 2 is 1.54 bits per heavy atom. The Morgan fingerprint density at radius 1 is 0.808 bits per heavy atom. The van der Waals surface area contributed by atoms with Crippen molar-refractivity contribution in [2.45, 2.75) is 65.2 Å². The van der Waals surface area contributed by atoms with Crippen LogP contribution in [0, 0.1) is 0 Å². The van der Waals surface area contributed by atoms with Gasteiger partial charge in [-0.1, -0.05) is 90.1 Å². The van der Waals surface area contributed by atoms with Crippen LogP contribution in [0.15, 0.2) is 48.6 Å². The number of fused-ring (bicyclic) bond motifs is 3. The average molecular weight is 343 g/mol. The second-order valence-corrected chi connectivity index (χ2v) is 9.89. The quantitative estimate of drug-likeness (QED) is 0.439. The summed E-state index contributed by atoms with van der Waals surface area (Å²) in [5.41, 5.74) is 12.2. The van der Waals surface area contributed by atoms with E-state index in [1.165, 1.54) is 44.5 Å². The number of allylic oxidation sites excluding steroid dienone is 4. The summed E-state index contributed by atoms with van der Waals surface area (Å²) in [5, 5.41) is 0. The lowest BCUT2D eigenvalue weighted by Crippen LogP contribution is -2.15. The van der Waals surface area contributed by atoms with Gasteiger partial charge in [-0.15, -0.1) is 0 Å². The SMILES string of the molecule is CC(C)(C)c1ccc2c(c1)Cc1c-2ccc(C(C)(C)C)c1C1=CC=CC1. The molecule has 0 radical (unpaired) electrons. The summed E-state index contributed by atoms with van der Waals surface area (Å²) in [4.78, 5) is 0. The minimum atomic E-state index is 0.152. The van der Waals surface area contributed by atoms with Crippen LogP contribution in [0.3, 0.4) is 0 Å². The second kappa shape index (κ2) is 5.71. The Kier molecular flexibility index (Phi) is 3.81. The highest BCUT2D eigenvalue weighted by atomic mass is 14.3. The zero-order valence-corrected chi connectivity index (χ0v) is 17.0. The van der Waals surface area contributed by atoms with E-state index in [-0.39, 0.29) is 10.8 Å². The molecule has 134 valence electrons. The van der Waals surface area contributed by atoms with Gasteiger partial charge in [0.15, 0.2) is 0 Å². The molecule has 0 aliphatic heterocycles. The smallest absolute Gasteiger partial charge is 0.000719 e. The van der Waals surface area contributed by atoms with Crippen molar-refractivity contribution in [3.05, 3.63) is 76.4 Å². The molecule has 2 aromatic carbocycles. The molecule has 0 atom stereocenters. The molecule has 26 heavy (non-hydrogen) atoms. The number of benzene rings is 2. The molecule has 0 aromatic heterocycles. The molecule has 0 heteroatoms. The maximum Gasteiger partial charge on any atom is -0.000719 e. The van der Waals surface area contributed by atoms with Crippen molar-refractivity contribution in [2.75, 3.05) is 0 Å². The van der Waals surface area contributed by atoms with Crippen molar-refractivity contribution in [1.29, 1.82) is 0 Å². The third-order valence-corrected chi connectivity index (χ3v) is 5.84. The predicted octanol–water partition coefficient (Wildman–Crippen LogP) is 7.20. The molecule has 2 aromatic rings. The fraction of sp³-hybridized carbons (Fsp3) is 0.385.